The highest BCUT2D eigenvalue weighted by Gasteiger charge is 2.32. The molecule has 4 aromatic carbocycles. The SMILES string of the molecule is COc1cc(-c2oc(-c3ccc(OCc4ccccc4)c(OC)c3)c(C(=O)O)c2C(=O)O)ccc1OCc1ccccc1. The number of hydrogen-bond donors (Lipinski definition) is 2. The molecule has 43 heavy (non-hydrogen) atoms. The minimum absolute atomic E-state index is 0.142. The maximum Gasteiger partial charge on any atom is 0.340 e. The Bertz CT molecular complexity index is 1610. The summed E-state index contributed by atoms with van der Waals surface area (Å²) in [5.41, 5.74) is 1.51. The molecule has 0 unspecified atom stereocenters. The fourth-order valence-electron chi connectivity index (χ4n) is 4.57. The van der Waals surface area contributed by atoms with Crippen LogP contribution in [0.3, 0.4) is 0 Å². The number of rotatable bonds is 12. The van der Waals surface area contributed by atoms with E-state index in [2.05, 4.69) is 0 Å². The van der Waals surface area contributed by atoms with Crippen molar-refractivity contribution in [3.63, 3.8) is 0 Å². The number of methoxy groups -OCH3 is 2. The van der Waals surface area contributed by atoms with Gasteiger partial charge in [-0.2, -0.15) is 0 Å². The fraction of sp³-hybridized carbons (Fsp3) is 0.118. The summed E-state index contributed by atoms with van der Waals surface area (Å²) in [6.45, 7) is 0.579. The van der Waals surface area contributed by atoms with Gasteiger partial charge in [0.05, 0.1) is 14.2 Å². The highest BCUT2D eigenvalue weighted by molar-refractivity contribution is 6.09. The molecule has 9 heteroatoms. The lowest BCUT2D eigenvalue weighted by Crippen LogP contribution is -2.07. The van der Waals surface area contributed by atoms with Crippen molar-refractivity contribution in [1.29, 1.82) is 0 Å². The Morgan fingerprint density at radius 2 is 0.977 bits per heavy atom. The second-order valence-corrected chi connectivity index (χ2v) is 9.40. The number of hydrogen-bond acceptors (Lipinski definition) is 7. The van der Waals surface area contributed by atoms with Crippen molar-refractivity contribution in [2.24, 2.45) is 0 Å². The van der Waals surface area contributed by atoms with Crippen LogP contribution in [0.5, 0.6) is 23.0 Å². The van der Waals surface area contributed by atoms with Gasteiger partial charge in [0.2, 0.25) is 0 Å². The molecule has 5 aromatic rings. The molecule has 0 amide bonds. The van der Waals surface area contributed by atoms with Crippen molar-refractivity contribution in [1.82, 2.24) is 0 Å². The quantitative estimate of drug-likeness (QED) is 0.158. The maximum absolute atomic E-state index is 12.4. The van der Waals surface area contributed by atoms with Crippen LogP contribution in [0, 0.1) is 0 Å². The van der Waals surface area contributed by atoms with E-state index in [0.717, 1.165) is 11.1 Å². The van der Waals surface area contributed by atoms with Crippen LogP contribution in [-0.2, 0) is 13.2 Å². The van der Waals surface area contributed by atoms with E-state index in [9.17, 15) is 19.8 Å². The summed E-state index contributed by atoms with van der Waals surface area (Å²) in [5.74, 6) is -1.71. The van der Waals surface area contributed by atoms with Gasteiger partial charge >= 0.3 is 11.9 Å². The molecule has 9 nitrogen and oxygen atoms in total. The first kappa shape index (κ1) is 28.8. The lowest BCUT2D eigenvalue weighted by molar-refractivity contribution is 0.0654. The van der Waals surface area contributed by atoms with Gasteiger partial charge in [0, 0.05) is 11.1 Å². The first-order valence-electron chi connectivity index (χ1n) is 13.2. The smallest absolute Gasteiger partial charge is 0.340 e. The highest BCUT2D eigenvalue weighted by atomic mass is 16.5. The Hall–Kier alpha value is -5.70. The third kappa shape index (κ3) is 6.31. The number of carbonyl (C=O) groups is 2. The third-order valence-corrected chi connectivity index (χ3v) is 6.66. The topological polar surface area (TPSA) is 125 Å². The summed E-state index contributed by atoms with van der Waals surface area (Å²) in [7, 11) is 2.91. The Morgan fingerprint density at radius 3 is 1.33 bits per heavy atom. The first-order valence-corrected chi connectivity index (χ1v) is 13.2. The molecule has 1 aromatic heterocycles. The van der Waals surface area contributed by atoms with Crippen LogP contribution < -0.4 is 18.9 Å². The molecule has 5 rings (SSSR count). The van der Waals surface area contributed by atoms with E-state index in [1.807, 2.05) is 60.7 Å². The van der Waals surface area contributed by atoms with Crippen molar-refractivity contribution in [2.45, 2.75) is 13.2 Å². The molecule has 0 fully saturated rings. The Morgan fingerprint density at radius 1 is 0.581 bits per heavy atom. The van der Waals surface area contributed by atoms with Crippen LogP contribution >= 0.6 is 0 Å². The number of aromatic carboxylic acids is 2. The molecule has 2 N–H and O–H groups in total. The largest absolute Gasteiger partial charge is 0.493 e. The average Bonchev–Trinajstić information content (AvgIpc) is 3.45. The molecule has 0 aliphatic carbocycles. The summed E-state index contributed by atoms with van der Waals surface area (Å²) in [6.07, 6.45) is 0. The molecule has 0 aliphatic rings. The molecule has 0 atom stereocenters. The Labute approximate surface area is 247 Å². The van der Waals surface area contributed by atoms with Gasteiger partial charge in [-0.1, -0.05) is 60.7 Å². The zero-order chi connectivity index (χ0) is 30.3. The Balaban J connectivity index is 1.51. The van der Waals surface area contributed by atoms with Gasteiger partial charge in [-0.15, -0.1) is 0 Å². The first-order chi connectivity index (χ1) is 20.9. The van der Waals surface area contributed by atoms with Gasteiger partial charge in [-0.3, -0.25) is 0 Å². The maximum atomic E-state index is 12.4. The summed E-state index contributed by atoms with van der Waals surface area (Å²) in [5, 5.41) is 20.2. The standard InChI is InChI=1S/C34H28O9/c1-39-27-17-23(13-15-25(27)41-19-21-9-5-3-6-10-21)31-29(33(35)36)30(34(37)38)32(43-31)24-14-16-26(28(18-24)40-2)42-20-22-11-7-4-8-12-22/h3-18H,19-20H2,1-2H3,(H,35,36)(H,37,38). The minimum Gasteiger partial charge on any atom is -0.493 e. The number of ether oxygens (including phenoxy) is 4. The molecule has 0 saturated carbocycles. The highest BCUT2D eigenvalue weighted by Crippen LogP contribution is 2.42. The van der Waals surface area contributed by atoms with E-state index in [4.69, 9.17) is 23.4 Å². The third-order valence-electron chi connectivity index (χ3n) is 6.66. The number of carboxylic acid groups (broad SMARTS) is 2. The van der Waals surface area contributed by atoms with Gasteiger partial charge < -0.3 is 33.6 Å². The number of benzene rings is 4. The van der Waals surface area contributed by atoms with Crippen molar-refractivity contribution in [3.8, 4) is 45.6 Å². The summed E-state index contributed by atoms with van der Waals surface area (Å²) in [4.78, 5) is 24.8. The van der Waals surface area contributed by atoms with Gasteiger partial charge in [0.15, 0.2) is 23.0 Å². The van der Waals surface area contributed by atoms with Gasteiger partial charge in [0.1, 0.15) is 35.9 Å². The summed E-state index contributed by atoms with van der Waals surface area (Å²) in [6, 6.07) is 28.6. The zero-order valence-corrected chi connectivity index (χ0v) is 23.4. The van der Waals surface area contributed by atoms with Crippen LogP contribution in [-0.4, -0.2) is 36.4 Å². The molecule has 0 saturated heterocycles. The summed E-state index contributed by atoms with van der Waals surface area (Å²) < 4.78 is 28.9. The molecule has 218 valence electrons. The monoisotopic (exact) mass is 580 g/mol. The van der Waals surface area contributed by atoms with E-state index < -0.39 is 23.1 Å². The van der Waals surface area contributed by atoms with E-state index in [1.165, 1.54) is 14.2 Å². The normalized spacial score (nSPS) is 10.7. The molecule has 1 heterocycles. The predicted octanol–water partition coefficient (Wildman–Crippen LogP) is 7.19. The second-order valence-electron chi connectivity index (χ2n) is 9.40. The lowest BCUT2D eigenvalue weighted by Gasteiger charge is -2.12. The summed E-state index contributed by atoms with van der Waals surface area (Å²) >= 11 is 0. The van der Waals surface area contributed by atoms with Crippen LogP contribution in [0.4, 0.5) is 0 Å². The van der Waals surface area contributed by atoms with Gasteiger partial charge in [-0.05, 0) is 47.5 Å². The molecular weight excluding hydrogens is 552 g/mol. The minimum atomic E-state index is -1.46. The van der Waals surface area contributed by atoms with Crippen LogP contribution in [0.15, 0.2) is 101 Å². The molecule has 0 radical (unpaired) electrons. The zero-order valence-electron chi connectivity index (χ0n) is 23.4. The fourth-order valence-corrected chi connectivity index (χ4v) is 4.57. The van der Waals surface area contributed by atoms with Crippen molar-refractivity contribution in [3.05, 3.63) is 119 Å². The van der Waals surface area contributed by atoms with E-state index in [1.54, 1.807) is 36.4 Å². The van der Waals surface area contributed by atoms with Crippen LogP contribution in [0.2, 0.25) is 0 Å². The van der Waals surface area contributed by atoms with Crippen molar-refractivity contribution >= 4 is 11.9 Å². The predicted molar refractivity (Wildman–Crippen MR) is 158 cm³/mol. The van der Waals surface area contributed by atoms with Crippen LogP contribution in [0.25, 0.3) is 22.6 Å². The van der Waals surface area contributed by atoms with Crippen LogP contribution in [0.1, 0.15) is 31.8 Å². The molecule has 0 aliphatic heterocycles. The average molecular weight is 581 g/mol. The number of furan rings is 1. The molecular formula is C34H28O9. The Kier molecular flexibility index (Phi) is 8.62. The van der Waals surface area contributed by atoms with Crippen molar-refractivity contribution < 1.29 is 43.2 Å². The van der Waals surface area contributed by atoms with Crippen molar-refractivity contribution in [2.75, 3.05) is 14.2 Å². The lowest BCUT2D eigenvalue weighted by atomic mass is 10.0. The molecule has 0 spiro atoms. The van der Waals surface area contributed by atoms with E-state index >= 15 is 0 Å². The number of carboxylic acids is 2. The van der Waals surface area contributed by atoms with E-state index in [0.29, 0.717) is 34.1 Å². The van der Waals surface area contributed by atoms with E-state index in [-0.39, 0.29) is 24.7 Å². The van der Waals surface area contributed by atoms with Gasteiger partial charge in [-0.25, -0.2) is 9.59 Å². The second kappa shape index (κ2) is 12.9. The molecule has 0 bridgehead atoms. The van der Waals surface area contributed by atoms with Gasteiger partial charge in [0.25, 0.3) is 0 Å².